The van der Waals surface area contributed by atoms with Gasteiger partial charge in [0, 0.05) is 6.54 Å². The Kier molecular flexibility index (Phi) is 3.00. The van der Waals surface area contributed by atoms with Gasteiger partial charge in [-0.1, -0.05) is 18.2 Å². The minimum absolute atomic E-state index is 0.197. The van der Waals surface area contributed by atoms with Gasteiger partial charge in [-0.05, 0) is 30.2 Å². The molecule has 0 saturated carbocycles. The second-order valence-corrected chi connectivity index (χ2v) is 2.64. The van der Waals surface area contributed by atoms with Crippen molar-refractivity contribution >= 4 is 6.08 Å². The number of nitrogens with two attached hydrogens (primary N) is 1. The molecule has 1 aromatic carbocycles. The molecule has 0 saturated heterocycles. The highest BCUT2D eigenvalue weighted by atomic mass is 19.1. The molecular formula is C10H12FN. The van der Waals surface area contributed by atoms with Crippen LogP contribution in [0.25, 0.3) is 6.08 Å². The number of benzene rings is 1. The lowest BCUT2D eigenvalue weighted by Crippen LogP contribution is -1.92. The van der Waals surface area contributed by atoms with E-state index < -0.39 is 0 Å². The van der Waals surface area contributed by atoms with E-state index in [-0.39, 0.29) is 5.82 Å². The van der Waals surface area contributed by atoms with Crippen LogP contribution in [0.5, 0.6) is 0 Å². The molecule has 0 aliphatic carbocycles. The smallest absolute Gasteiger partial charge is 0.123 e. The fraction of sp³-hybridized carbons (Fsp3) is 0.200. The number of aryl methyl sites for hydroxylation is 1. The van der Waals surface area contributed by atoms with Gasteiger partial charge < -0.3 is 5.73 Å². The van der Waals surface area contributed by atoms with Crippen LogP contribution in [0.1, 0.15) is 11.1 Å². The van der Waals surface area contributed by atoms with Gasteiger partial charge in [0.2, 0.25) is 0 Å². The summed E-state index contributed by atoms with van der Waals surface area (Å²) in [5.41, 5.74) is 7.24. The Hall–Kier alpha value is -1.15. The van der Waals surface area contributed by atoms with Crippen LogP contribution in [0.3, 0.4) is 0 Å². The molecule has 0 atom stereocenters. The Balaban J connectivity index is 2.94. The van der Waals surface area contributed by atoms with Crippen LogP contribution in [0.15, 0.2) is 24.3 Å². The van der Waals surface area contributed by atoms with Gasteiger partial charge >= 0.3 is 0 Å². The van der Waals surface area contributed by atoms with Crippen molar-refractivity contribution in [2.45, 2.75) is 6.92 Å². The van der Waals surface area contributed by atoms with E-state index in [0.717, 1.165) is 11.1 Å². The summed E-state index contributed by atoms with van der Waals surface area (Å²) in [6.07, 6.45) is 3.75. The Labute approximate surface area is 71.7 Å². The number of rotatable bonds is 2. The van der Waals surface area contributed by atoms with Crippen LogP contribution < -0.4 is 5.73 Å². The van der Waals surface area contributed by atoms with Crippen molar-refractivity contribution in [3.63, 3.8) is 0 Å². The third-order valence-electron chi connectivity index (χ3n) is 1.67. The van der Waals surface area contributed by atoms with E-state index in [1.54, 1.807) is 6.07 Å². The van der Waals surface area contributed by atoms with E-state index >= 15 is 0 Å². The molecule has 0 fully saturated rings. The zero-order valence-corrected chi connectivity index (χ0v) is 7.05. The van der Waals surface area contributed by atoms with Crippen LogP contribution in [-0.4, -0.2) is 6.54 Å². The molecule has 12 heavy (non-hydrogen) atoms. The molecule has 1 nitrogen and oxygen atoms in total. The van der Waals surface area contributed by atoms with E-state index in [9.17, 15) is 4.39 Å². The van der Waals surface area contributed by atoms with Gasteiger partial charge in [-0.2, -0.15) is 0 Å². The Morgan fingerprint density at radius 1 is 1.50 bits per heavy atom. The first kappa shape index (κ1) is 8.94. The molecule has 1 aromatic rings. The molecular weight excluding hydrogens is 153 g/mol. The molecule has 0 heterocycles. The third-order valence-corrected chi connectivity index (χ3v) is 1.67. The second kappa shape index (κ2) is 4.02. The predicted molar refractivity (Wildman–Crippen MR) is 49.2 cm³/mol. The van der Waals surface area contributed by atoms with Crippen LogP contribution in [-0.2, 0) is 0 Å². The fourth-order valence-corrected chi connectivity index (χ4v) is 1.02. The normalized spacial score (nSPS) is 10.9. The average molecular weight is 165 g/mol. The van der Waals surface area contributed by atoms with Crippen LogP contribution >= 0.6 is 0 Å². The molecule has 0 spiro atoms. The minimum Gasteiger partial charge on any atom is -0.327 e. The van der Waals surface area contributed by atoms with Crippen LogP contribution in [0, 0.1) is 12.7 Å². The van der Waals surface area contributed by atoms with E-state index in [1.165, 1.54) is 12.1 Å². The first-order valence-electron chi connectivity index (χ1n) is 3.87. The van der Waals surface area contributed by atoms with Crippen molar-refractivity contribution in [2.75, 3.05) is 6.54 Å². The lowest BCUT2D eigenvalue weighted by atomic mass is 10.1. The van der Waals surface area contributed by atoms with Crippen molar-refractivity contribution in [3.8, 4) is 0 Å². The van der Waals surface area contributed by atoms with Crippen molar-refractivity contribution in [3.05, 3.63) is 41.2 Å². The Morgan fingerprint density at radius 3 is 2.83 bits per heavy atom. The molecule has 0 radical (unpaired) electrons. The molecule has 0 unspecified atom stereocenters. The summed E-state index contributed by atoms with van der Waals surface area (Å²) in [6, 6.07) is 4.70. The van der Waals surface area contributed by atoms with E-state index in [4.69, 9.17) is 5.73 Å². The molecule has 0 amide bonds. The monoisotopic (exact) mass is 165 g/mol. The van der Waals surface area contributed by atoms with Gasteiger partial charge in [-0.25, -0.2) is 4.39 Å². The standard InChI is InChI=1S/C10H12FN/c1-8-7-10(11)5-4-9(8)3-2-6-12/h2-5,7H,6,12H2,1H3/b3-2+. The zero-order chi connectivity index (χ0) is 8.97. The van der Waals surface area contributed by atoms with Crippen molar-refractivity contribution < 1.29 is 4.39 Å². The van der Waals surface area contributed by atoms with Crippen molar-refractivity contribution in [2.24, 2.45) is 5.73 Å². The summed E-state index contributed by atoms with van der Waals surface area (Å²) < 4.78 is 12.6. The molecule has 1 rings (SSSR count). The fourth-order valence-electron chi connectivity index (χ4n) is 1.02. The van der Waals surface area contributed by atoms with Gasteiger partial charge in [0.25, 0.3) is 0 Å². The van der Waals surface area contributed by atoms with Crippen LogP contribution in [0.4, 0.5) is 4.39 Å². The predicted octanol–water partition coefficient (Wildman–Crippen LogP) is 2.11. The summed E-state index contributed by atoms with van der Waals surface area (Å²) in [5.74, 6) is -0.197. The zero-order valence-electron chi connectivity index (χ0n) is 7.05. The summed E-state index contributed by atoms with van der Waals surface area (Å²) in [6.45, 7) is 2.39. The topological polar surface area (TPSA) is 26.0 Å². The largest absolute Gasteiger partial charge is 0.327 e. The highest BCUT2D eigenvalue weighted by Gasteiger charge is 1.94. The van der Waals surface area contributed by atoms with E-state index in [1.807, 2.05) is 19.1 Å². The third kappa shape index (κ3) is 2.17. The minimum atomic E-state index is -0.197. The highest BCUT2D eigenvalue weighted by Crippen LogP contribution is 2.11. The molecule has 64 valence electrons. The SMILES string of the molecule is Cc1cc(F)ccc1/C=C/CN. The van der Waals surface area contributed by atoms with Gasteiger partial charge in [0.15, 0.2) is 0 Å². The molecule has 2 heteroatoms. The summed E-state index contributed by atoms with van der Waals surface area (Å²) >= 11 is 0. The first-order chi connectivity index (χ1) is 5.74. The maximum Gasteiger partial charge on any atom is 0.123 e. The van der Waals surface area contributed by atoms with Gasteiger partial charge in [-0.15, -0.1) is 0 Å². The Morgan fingerprint density at radius 2 is 2.25 bits per heavy atom. The van der Waals surface area contributed by atoms with Crippen LogP contribution in [0.2, 0.25) is 0 Å². The summed E-state index contributed by atoms with van der Waals surface area (Å²) in [7, 11) is 0. The van der Waals surface area contributed by atoms with Crippen molar-refractivity contribution in [1.29, 1.82) is 0 Å². The maximum atomic E-state index is 12.6. The van der Waals surface area contributed by atoms with Crippen molar-refractivity contribution in [1.82, 2.24) is 0 Å². The molecule has 0 aliphatic rings. The van der Waals surface area contributed by atoms with E-state index in [2.05, 4.69) is 0 Å². The number of hydrogen-bond acceptors (Lipinski definition) is 1. The van der Waals surface area contributed by atoms with E-state index in [0.29, 0.717) is 6.54 Å². The summed E-state index contributed by atoms with van der Waals surface area (Å²) in [5, 5.41) is 0. The quantitative estimate of drug-likeness (QED) is 0.713. The highest BCUT2D eigenvalue weighted by molar-refractivity contribution is 5.53. The lowest BCUT2D eigenvalue weighted by Gasteiger charge is -1.98. The average Bonchev–Trinajstić information content (AvgIpc) is 2.03. The molecule has 0 aliphatic heterocycles. The van der Waals surface area contributed by atoms with Gasteiger partial charge in [0.05, 0.1) is 0 Å². The number of hydrogen-bond donors (Lipinski definition) is 1. The second-order valence-electron chi connectivity index (χ2n) is 2.64. The molecule has 0 aromatic heterocycles. The van der Waals surface area contributed by atoms with Gasteiger partial charge in [-0.3, -0.25) is 0 Å². The number of halogens is 1. The summed E-state index contributed by atoms with van der Waals surface area (Å²) in [4.78, 5) is 0. The first-order valence-corrected chi connectivity index (χ1v) is 3.87. The lowest BCUT2D eigenvalue weighted by molar-refractivity contribution is 0.626. The molecule has 2 N–H and O–H groups in total. The molecule has 0 bridgehead atoms. The van der Waals surface area contributed by atoms with Gasteiger partial charge in [0.1, 0.15) is 5.82 Å². The maximum absolute atomic E-state index is 12.6. The Bertz CT molecular complexity index is 292.